The van der Waals surface area contributed by atoms with E-state index >= 15 is 0 Å². The number of piperidine rings is 1. The highest BCUT2D eigenvalue weighted by Crippen LogP contribution is 2.31. The Hall–Kier alpha value is -2.44. The van der Waals surface area contributed by atoms with Crippen molar-refractivity contribution >= 4 is 17.6 Å². The van der Waals surface area contributed by atoms with Crippen molar-refractivity contribution in [2.45, 2.75) is 57.9 Å². The molecule has 1 aromatic heterocycles. The molecule has 2 amide bonds. The summed E-state index contributed by atoms with van der Waals surface area (Å²) < 4.78 is 0. The number of allylic oxidation sites excluding steroid dienone is 2. The molecule has 4 rings (SSSR count). The van der Waals surface area contributed by atoms with Gasteiger partial charge in [0.1, 0.15) is 11.6 Å². The molecule has 3 aliphatic rings. The third-order valence-corrected chi connectivity index (χ3v) is 6.53. The average molecular weight is 398 g/mol. The lowest BCUT2D eigenvalue weighted by molar-refractivity contribution is -0.133. The summed E-state index contributed by atoms with van der Waals surface area (Å²) in [4.78, 5) is 37.9. The second-order valence-electron chi connectivity index (χ2n) is 8.42. The van der Waals surface area contributed by atoms with E-state index in [1.807, 2.05) is 16.8 Å². The average Bonchev–Trinajstić information content (AvgIpc) is 3.25. The van der Waals surface area contributed by atoms with Gasteiger partial charge in [0.05, 0.1) is 12.2 Å². The van der Waals surface area contributed by atoms with Gasteiger partial charge in [-0.2, -0.15) is 0 Å². The van der Waals surface area contributed by atoms with Crippen LogP contribution >= 0.6 is 0 Å². The highest BCUT2D eigenvalue weighted by atomic mass is 16.2. The maximum atomic E-state index is 12.6. The normalized spacial score (nSPS) is 21.9. The molecule has 1 fully saturated rings. The van der Waals surface area contributed by atoms with E-state index in [1.54, 1.807) is 6.92 Å². The minimum atomic E-state index is 0.0887. The van der Waals surface area contributed by atoms with Crippen molar-refractivity contribution in [2.75, 3.05) is 32.0 Å². The minimum absolute atomic E-state index is 0.0887. The van der Waals surface area contributed by atoms with Crippen molar-refractivity contribution < 1.29 is 9.59 Å². The van der Waals surface area contributed by atoms with Crippen LogP contribution in [0.4, 0.5) is 5.82 Å². The van der Waals surface area contributed by atoms with E-state index in [2.05, 4.69) is 17.5 Å². The SMILES string of the molecule is CNc1nc(C2CCN(C(=O)C[C@@H]3C=CCC3)CC2)nc2c1CCN(C(C)=O)C2. The quantitative estimate of drug-likeness (QED) is 0.790. The number of carbonyl (C=O) groups is 2. The van der Waals surface area contributed by atoms with Gasteiger partial charge in [-0.05, 0) is 38.0 Å². The fourth-order valence-electron chi connectivity index (χ4n) is 4.71. The molecule has 7 heteroatoms. The summed E-state index contributed by atoms with van der Waals surface area (Å²) in [6.45, 7) is 4.43. The van der Waals surface area contributed by atoms with Crippen LogP contribution in [0.25, 0.3) is 0 Å². The summed E-state index contributed by atoms with van der Waals surface area (Å²) in [6.07, 6.45) is 9.80. The Labute approximate surface area is 172 Å². The number of aromatic nitrogens is 2. The minimum Gasteiger partial charge on any atom is -0.373 e. The third kappa shape index (κ3) is 4.28. The van der Waals surface area contributed by atoms with E-state index < -0.39 is 0 Å². The highest BCUT2D eigenvalue weighted by molar-refractivity contribution is 5.77. The van der Waals surface area contributed by atoms with Gasteiger partial charge in [-0.15, -0.1) is 0 Å². The zero-order valence-electron chi connectivity index (χ0n) is 17.5. The molecule has 1 aromatic rings. The van der Waals surface area contributed by atoms with Crippen molar-refractivity contribution in [1.29, 1.82) is 0 Å². The standard InChI is InChI=1S/C22H31N5O2/c1-15(28)27-12-9-18-19(14-27)24-21(25-22(18)23-2)17-7-10-26(11-8-17)20(29)13-16-5-3-4-6-16/h3,5,16-17H,4,6-14H2,1-2H3,(H,23,24,25)/t16-/m1/s1. The number of nitrogens with one attached hydrogen (secondary N) is 1. The molecule has 29 heavy (non-hydrogen) atoms. The van der Waals surface area contributed by atoms with Crippen LogP contribution in [-0.4, -0.2) is 58.3 Å². The van der Waals surface area contributed by atoms with Gasteiger partial charge in [0.2, 0.25) is 11.8 Å². The number of anilines is 1. The molecule has 7 nitrogen and oxygen atoms in total. The van der Waals surface area contributed by atoms with Gasteiger partial charge in [0.25, 0.3) is 0 Å². The van der Waals surface area contributed by atoms with Crippen molar-refractivity contribution in [1.82, 2.24) is 19.8 Å². The van der Waals surface area contributed by atoms with E-state index in [0.717, 1.165) is 74.6 Å². The molecule has 2 aliphatic heterocycles. The topological polar surface area (TPSA) is 78.4 Å². The first-order valence-electron chi connectivity index (χ1n) is 10.8. The zero-order valence-corrected chi connectivity index (χ0v) is 17.5. The molecule has 0 unspecified atom stereocenters. The largest absolute Gasteiger partial charge is 0.373 e. The van der Waals surface area contributed by atoms with Crippen LogP contribution in [-0.2, 0) is 22.6 Å². The molecule has 3 heterocycles. The Balaban J connectivity index is 1.43. The van der Waals surface area contributed by atoms with E-state index in [-0.39, 0.29) is 17.7 Å². The van der Waals surface area contributed by atoms with Gasteiger partial charge in [0, 0.05) is 51.5 Å². The smallest absolute Gasteiger partial charge is 0.223 e. The van der Waals surface area contributed by atoms with Crippen LogP contribution < -0.4 is 5.32 Å². The summed E-state index contributed by atoms with van der Waals surface area (Å²) in [5.74, 6) is 2.79. The molecule has 0 aromatic carbocycles. The van der Waals surface area contributed by atoms with E-state index in [9.17, 15) is 9.59 Å². The number of rotatable bonds is 4. The summed E-state index contributed by atoms with van der Waals surface area (Å²) in [6, 6.07) is 0. The molecular formula is C22H31N5O2. The third-order valence-electron chi connectivity index (χ3n) is 6.53. The lowest BCUT2D eigenvalue weighted by Crippen LogP contribution is -2.39. The van der Waals surface area contributed by atoms with E-state index in [1.165, 1.54) is 0 Å². The van der Waals surface area contributed by atoms with Crippen LogP contribution in [0.5, 0.6) is 0 Å². The predicted molar refractivity (Wildman–Crippen MR) is 111 cm³/mol. The molecule has 0 spiro atoms. The summed E-state index contributed by atoms with van der Waals surface area (Å²) in [5, 5.41) is 3.22. The molecule has 1 N–H and O–H groups in total. The maximum Gasteiger partial charge on any atom is 0.223 e. The lowest BCUT2D eigenvalue weighted by atomic mass is 9.94. The number of fused-ring (bicyclic) bond motifs is 1. The number of hydrogen-bond donors (Lipinski definition) is 1. The zero-order chi connectivity index (χ0) is 20.4. The molecule has 0 radical (unpaired) electrons. The van der Waals surface area contributed by atoms with Crippen molar-refractivity contribution in [3.63, 3.8) is 0 Å². The first-order valence-corrected chi connectivity index (χ1v) is 10.8. The van der Waals surface area contributed by atoms with Gasteiger partial charge in [0.15, 0.2) is 0 Å². The van der Waals surface area contributed by atoms with Crippen molar-refractivity contribution in [3.05, 3.63) is 29.2 Å². The summed E-state index contributed by atoms with van der Waals surface area (Å²) >= 11 is 0. The van der Waals surface area contributed by atoms with Gasteiger partial charge < -0.3 is 15.1 Å². The molecule has 0 bridgehead atoms. The molecule has 1 atom stereocenters. The Morgan fingerprint density at radius 3 is 2.59 bits per heavy atom. The fraction of sp³-hybridized carbons (Fsp3) is 0.636. The lowest BCUT2D eigenvalue weighted by Gasteiger charge is -2.33. The number of carbonyl (C=O) groups excluding carboxylic acids is 2. The fourth-order valence-corrected chi connectivity index (χ4v) is 4.71. The summed E-state index contributed by atoms with van der Waals surface area (Å²) in [7, 11) is 1.89. The number of amides is 2. The summed E-state index contributed by atoms with van der Waals surface area (Å²) in [5.41, 5.74) is 2.10. The van der Waals surface area contributed by atoms with Crippen LogP contribution in [0.3, 0.4) is 0 Å². The number of nitrogens with zero attached hydrogens (tertiary/aromatic N) is 4. The first-order chi connectivity index (χ1) is 14.0. The maximum absolute atomic E-state index is 12.6. The first kappa shape index (κ1) is 19.9. The van der Waals surface area contributed by atoms with Crippen LogP contribution in [0.2, 0.25) is 0 Å². The van der Waals surface area contributed by atoms with Crippen molar-refractivity contribution in [2.24, 2.45) is 5.92 Å². The Bertz CT molecular complexity index is 814. The highest BCUT2D eigenvalue weighted by Gasteiger charge is 2.29. The second kappa shape index (κ2) is 8.51. The molecule has 156 valence electrons. The molecular weight excluding hydrogens is 366 g/mol. The van der Waals surface area contributed by atoms with Gasteiger partial charge in [-0.25, -0.2) is 9.97 Å². The van der Waals surface area contributed by atoms with Gasteiger partial charge >= 0.3 is 0 Å². The Kier molecular flexibility index (Phi) is 5.83. The van der Waals surface area contributed by atoms with Gasteiger partial charge in [-0.1, -0.05) is 12.2 Å². The van der Waals surface area contributed by atoms with E-state index in [0.29, 0.717) is 18.9 Å². The van der Waals surface area contributed by atoms with Crippen LogP contribution in [0.1, 0.15) is 62.0 Å². The molecule has 1 saturated heterocycles. The second-order valence-corrected chi connectivity index (χ2v) is 8.42. The van der Waals surface area contributed by atoms with E-state index in [4.69, 9.17) is 9.97 Å². The Morgan fingerprint density at radius 2 is 1.93 bits per heavy atom. The van der Waals surface area contributed by atoms with Crippen LogP contribution in [0, 0.1) is 5.92 Å². The Morgan fingerprint density at radius 1 is 1.14 bits per heavy atom. The molecule has 0 saturated carbocycles. The molecule has 1 aliphatic carbocycles. The van der Waals surface area contributed by atoms with Gasteiger partial charge in [-0.3, -0.25) is 9.59 Å². The van der Waals surface area contributed by atoms with Crippen molar-refractivity contribution in [3.8, 4) is 0 Å². The number of hydrogen-bond acceptors (Lipinski definition) is 5. The predicted octanol–water partition coefficient (Wildman–Crippen LogP) is 2.49. The van der Waals surface area contributed by atoms with Crippen LogP contribution in [0.15, 0.2) is 12.2 Å². The monoisotopic (exact) mass is 397 g/mol. The number of likely N-dealkylation sites (tertiary alicyclic amines) is 1.